The summed E-state index contributed by atoms with van der Waals surface area (Å²) in [7, 11) is 0. The Balaban J connectivity index is 1.76. The smallest absolute Gasteiger partial charge is 0.314 e. The summed E-state index contributed by atoms with van der Waals surface area (Å²) in [4.78, 5) is 13.1. The fourth-order valence-corrected chi connectivity index (χ4v) is 3.09. The summed E-state index contributed by atoms with van der Waals surface area (Å²) in [5.74, 6) is 0.640. The third-order valence-corrected chi connectivity index (χ3v) is 4.19. The third kappa shape index (κ3) is 5.84. The number of hydrogen-bond acceptors (Lipinski definition) is 4. The Bertz CT molecular complexity index is 506. The molecule has 1 aromatic rings. The van der Waals surface area contributed by atoms with Crippen LogP contribution < -0.4 is 9.64 Å². The molecule has 0 aromatic heterocycles. The first-order chi connectivity index (χ1) is 11.1. The van der Waals surface area contributed by atoms with E-state index in [1.54, 1.807) is 0 Å². The number of esters is 1. The van der Waals surface area contributed by atoms with E-state index in [9.17, 15) is 9.90 Å². The first-order valence-corrected chi connectivity index (χ1v) is 8.46. The molecule has 0 amide bonds. The Morgan fingerprint density at radius 2 is 2.30 bits per heavy atom. The van der Waals surface area contributed by atoms with E-state index in [1.165, 1.54) is 4.90 Å². The molecule has 23 heavy (non-hydrogen) atoms. The number of piperidine rings is 1. The number of carbonyl (C=O) groups is 1. The SMILES string of the molecule is CCOC(=O)[C@H]1CCC[NH+](C[C@H](O)COc2cccc(C)c2)C1. The van der Waals surface area contributed by atoms with Crippen LogP contribution in [0.1, 0.15) is 25.3 Å². The molecule has 1 aliphatic heterocycles. The van der Waals surface area contributed by atoms with Crippen molar-refractivity contribution in [3.05, 3.63) is 29.8 Å². The van der Waals surface area contributed by atoms with Crippen LogP contribution in [0.3, 0.4) is 0 Å². The van der Waals surface area contributed by atoms with Gasteiger partial charge in [-0.2, -0.15) is 0 Å². The van der Waals surface area contributed by atoms with Gasteiger partial charge in [-0.15, -0.1) is 0 Å². The molecule has 2 rings (SSSR count). The molecule has 1 fully saturated rings. The average molecular weight is 322 g/mol. The van der Waals surface area contributed by atoms with Gasteiger partial charge in [-0.25, -0.2) is 0 Å². The largest absolute Gasteiger partial charge is 0.491 e. The minimum absolute atomic E-state index is 0.0383. The van der Waals surface area contributed by atoms with Crippen molar-refractivity contribution in [1.82, 2.24) is 0 Å². The number of aliphatic hydroxyl groups excluding tert-OH is 1. The molecule has 0 bridgehead atoms. The molecule has 128 valence electrons. The Labute approximate surface area is 138 Å². The van der Waals surface area contributed by atoms with Crippen LogP contribution in [0.2, 0.25) is 0 Å². The molecule has 0 radical (unpaired) electrons. The molecule has 1 aliphatic rings. The minimum Gasteiger partial charge on any atom is -0.491 e. The van der Waals surface area contributed by atoms with E-state index in [0.717, 1.165) is 37.2 Å². The predicted octanol–water partition coefficient (Wildman–Crippen LogP) is 0.593. The van der Waals surface area contributed by atoms with Crippen molar-refractivity contribution in [3.8, 4) is 5.75 Å². The van der Waals surface area contributed by atoms with Gasteiger partial charge in [0.05, 0.1) is 19.7 Å². The zero-order valence-corrected chi connectivity index (χ0v) is 14.1. The second-order valence-corrected chi connectivity index (χ2v) is 6.28. The maximum Gasteiger partial charge on any atom is 0.314 e. The van der Waals surface area contributed by atoms with Crippen LogP contribution in [0, 0.1) is 12.8 Å². The van der Waals surface area contributed by atoms with Crippen molar-refractivity contribution in [2.75, 3.05) is 32.8 Å². The van der Waals surface area contributed by atoms with Crippen LogP contribution in [0.5, 0.6) is 5.75 Å². The zero-order valence-electron chi connectivity index (χ0n) is 14.1. The number of hydrogen-bond donors (Lipinski definition) is 2. The molecule has 0 saturated carbocycles. The van der Waals surface area contributed by atoms with Crippen molar-refractivity contribution in [2.24, 2.45) is 5.92 Å². The zero-order chi connectivity index (χ0) is 16.7. The lowest BCUT2D eigenvalue weighted by Gasteiger charge is -2.30. The molecular formula is C18H28NO4+. The van der Waals surface area contributed by atoms with Gasteiger partial charge in [0.2, 0.25) is 0 Å². The average Bonchev–Trinajstić information content (AvgIpc) is 2.53. The molecule has 1 unspecified atom stereocenters. The molecule has 3 atom stereocenters. The fourth-order valence-electron chi connectivity index (χ4n) is 3.09. The van der Waals surface area contributed by atoms with Crippen molar-refractivity contribution >= 4 is 5.97 Å². The quantitative estimate of drug-likeness (QED) is 0.722. The summed E-state index contributed by atoms with van der Waals surface area (Å²) >= 11 is 0. The molecule has 2 N–H and O–H groups in total. The molecule has 0 spiro atoms. The van der Waals surface area contributed by atoms with Gasteiger partial charge >= 0.3 is 5.97 Å². The molecule has 1 heterocycles. The van der Waals surface area contributed by atoms with Gasteiger partial charge in [0.25, 0.3) is 0 Å². The molecule has 1 aromatic carbocycles. The van der Waals surface area contributed by atoms with Crippen molar-refractivity contribution < 1.29 is 24.3 Å². The Morgan fingerprint density at radius 3 is 3.04 bits per heavy atom. The number of carbonyl (C=O) groups excluding carboxylic acids is 1. The van der Waals surface area contributed by atoms with Crippen LogP contribution in [0.4, 0.5) is 0 Å². The molecule has 1 saturated heterocycles. The maximum atomic E-state index is 11.8. The third-order valence-electron chi connectivity index (χ3n) is 4.19. The highest BCUT2D eigenvalue weighted by atomic mass is 16.5. The summed E-state index contributed by atoms with van der Waals surface area (Å²) in [5, 5.41) is 10.2. The number of likely N-dealkylation sites (tertiary alicyclic amines) is 1. The number of ether oxygens (including phenoxy) is 2. The number of nitrogens with one attached hydrogen (secondary N) is 1. The van der Waals surface area contributed by atoms with Gasteiger partial charge in [0.1, 0.15) is 30.9 Å². The van der Waals surface area contributed by atoms with Crippen molar-refractivity contribution in [1.29, 1.82) is 0 Å². The van der Waals surface area contributed by atoms with Gasteiger partial charge in [-0.3, -0.25) is 4.79 Å². The van der Waals surface area contributed by atoms with Crippen molar-refractivity contribution in [2.45, 2.75) is 32.8 Å². The standard InChI is InChI=1S/C18H27NO4/c1-3-22-18(21)15-7-5-9-19(11-15)12-16(20)13-23-17-8-4-6-14(2)10-17/h4,6,8,10,15-16,20H,3,5,7,9,11-13H2,1-2H3/p+1/t15-,16-/m0/s1. The highest BCUT2D eigenvalue weighted by Crippen LogP contribution is 2.12. The van der Waals surface area contributed by atoms with Crippen LogP contribution >= 0.6 is 0 Å². The number of aliphatic hydroxyl groups is 1. The summed E-state index contributed by atoms with van der Waals surface area (Å²) in [5.41, 5.74) is 1.14. The second kappa shape index (κ2) is 8.89. The van der Waals surface area contributed by atoms with E-state index in [-0.39, 0.29) is 18.5 Å². The van der Waals surface area contributed by atoms with E-state index < -0.39 is 6.10 Å². The number of benzene rings is 1. The summed E-state index contributed by atoms with van der Waals surface area (Å²) in [6.45, 7) is 6.86. The second-order valence-electron chi connectivity index (χ2n) is 6.28. The monoisotopic (exact) mass is 322 g/mol. The molecule has 5 nitrogen and oxygen atoms in total. The molecule has 0 aliphatic carbocycles. The van der Waals surface area contributed by atoms with Gasteiger partial charge in [0.15, 0.2) is 0 Å². The molecule has 5 heteroatoms. The predicted molar refractivity (Wildman–Crippen MR) is 87.6 cm³/mol. The molecular weight excluding hydrogens is 294 g/mol. The highest BCUT2D eigenvalue weighted by Gasteiger charge is 2.30. The minimum atomic E-state index is -0.536. The normalized spacial score (nSPS) is 22.4. The number of aryl methyl sites for hydroxylation is 1. The van der Waals surface area contributed by atoms with Gasteiger partial charge in [0, 0.05) is 0 Å². The van der Waals surface area contributed by atoms with Crippen LogP contribution in [0.25, 0.3) is 0 Å². The summed E-state index contributed by atoms with van der Waals surface area (Å²) in [6.07, 6.45) is 1.34. The van der Waals surface area contributed by atoms with Crippen LogP contribution in [-0.4, -0.2) is 50.0 Å². The number of quaternary nitrogens is 1. The maximum absolute atomic E-state index is 11.8. The first-order valence-electron chi connectivity index (χ1n) is 8.46. The lowest BCUT2D eigenvalue weighted by Crippen LogP contribution is -3.15. The topological polar surface area (TPSA) is 60.2 Å². The van der Waals surface area contributed by atoms with Gasteiger partial charge in [-0.05, 0) is 44.4 Å². The van der Waals surface area contributed by atoms with Crippen LogP contribution in [0.15, 0.2) is 24.3 Å². The fraction of sp³-hybridized carbons (Fsp3) is 0.611. The van der Waals surface area contributed by atoms with E-state index in [0.29, 0.717) is 13.2 Å². The van der Waals surface area contributed by atoms with Crippen LogP contribution in [-0.2, 0) is 9.53 Å². The first kappa shape index (κ1) is 17.8. The van der Waals surface area contributed by atoms with Gasteiger partial charge in [-0.1, -0.05) is 12.1 Å². The van der Waals surface area contributed by atoms with Crippen molar-refractivity contribution in [3.63, 3.8) is 0 Å². The summed E-state index contributed by atoms with van der Waals surface area (Å²) < 4.78 is 10.8. The Morgan fingerprint density at radius 1 is 1.48 bits per heavy atom. The Kier molecular flexibility index (Phi) is 6.86. The van der Waals surface area contributed by atoms with E-state index in [2.05, 4.69) is 0 Å². The van der Waals surface area contributed by atoms with E-state index in [4.69, 9.17) is 9.47 Å². The number of rotatable bonds is 7. The summed E-state index contributed by atoms with van der Waals surface area (Å²) in [6, 6.07) is 7.80. The van der Waals surface area contributed by atoms with E-state index >= 15 is 0 Å². The van der Waals surface area contributed by atoms with Gasteiger partial charge < -0.3 is 19.5 Å². The lowest BCUT2D eigenvalue weighted by molar-refractivity contribution is -0.910. The highest BCUT2D eigenvalue weighted by molar-refractivity contribution is 5.72. The lowest BCUT2D eigenvalue weighted by atomic mass is 9.98. The Hall–Kier alpha value is -1.59. The van der Waals surface area contributed by atoms with E-state index in [1.807, 2.05) is 38.1 Å².